The van der Waals surface area contributed by atoms with Gasteiger partial charge < -0.3 is 10.8 Å². The molecule has 0 amide bonds. The second kappa shape index (κ2) is 7.48. The molecule has 1 aromatic carbocycles. The van der Waals surface area contributed by atoms with E-state index in [0.717, 1.165) is 12.1 Å². The van der Waals surface area contributed by atoms with Gasteiger partial charge in [-0.3, -0.25) is 14.9 Å². The number of hydrogen-bond donors (Lipinski definition) is 2. The normalized spacial score (nSPS) is 15.2. The lowest BCUT2D eigenvalue weighted by Crippen LogP contribution is -2.22. The smallest absolute Gasteiger partial charge is 0.310 e. The molecule has 0 radical (unpaired) electrons. The van der Waals surface area contributed by atoms with Crippen LogP contribution in [0.1, 0.15) is 42.5 Å². The number of aldehydes is 1. The van der Waals surface area contributed by atoms with Crippen molar-refractivity contribution in [1.82, 2.24) is 0 Å². The van der Waals surface area contributed by atoms with Gasteiger partial charge in [-0.25, -0.2) is 0 Å². The molecule has 6 heteroatoms. The number of aromatic hydroxyl groups is 1. The van der Waals surface area contributed by atoms with Gasteiger partial charge in [-0.1, -0.05) is 19.3 Å². The largest absolute Gasteiger partial charge is 0.502 e. The maximum Gasteiger partial charge on any atom is 0.310 e. The zero-order chi connectivity index (χ0) is 14.3. The zero-order valence-electron chi connectivity index (χ0n) is 10.6. The Morgan fingerprint density at radius 3 is 2.32 bits per heavy atom. The van der Waals surface area contributed by atoms with Gasteiger partial charge in [0.2, 0.25) is 0 Å². The van der Waals surface area contributed by atoms with Gasteiger partial charge in [-0.2, -0.15) is 0 Å². The fourth-order valence-corrected chi connectivity index (χ4v) is 1.90. The van der Waals surface area contributed by atoms with E-state index >= 15 is 0 Å². The molecule has 0 spiro atoms. The third-order valence-corrected chi connectivity index (χ3v) is 2.98. The topological polar surface area (TPSA) is 106 Å². The van der Waals surface area contributed by atoms with Crippen molar-refractivity contribution in [1.29, 1.82) is 0 Å². The lowest BCUT2D eigenvalue weighted by atomic mass is 9.97. The van der Waals surface area contributed by atoms with Crippen LogP contribution >= 0.6 is 0 Å². The van der Waals surface area contributed by atoms with E-state index in [4.69, 9.17) is 10.8 Å². The molecule has 2 rings (SSSR count). The van der Waals surface area contributed by atoms with Crippen LogP contribution in [0.3, 0.4) is 0 Å². The molecule has 104 valence electrons. The van der Waals surface area contributed by atoms with Crippen LogP contribution in [0.25, 0.3) is 0 Å². The Hall–Kier alpha value is -1.95. The molecule has 0 unspecified atom stereocenters. The number of phenols is 1. The molecular weight excluding hydrogens is 248 g/mol. The fourth-order valence-electron chi connectivity index (χ4n) is 1.90. The number of hydrogen-bond acceptors (Lipinski definition) is 5. The summed E-state index contributed by atoms with van der Waals surface area (Å²) < 4.78 is 0. The summed E-state index contributed by atoms with van der Waals surface area (Å²) in [6, 6.07) is 3.93. The van der Waals surface area contributed by atoms with Gasteiger partial charge in [0.25, 0.3) is 0 Å². The molecule has 0 saturated heterocycles. The summed E-state index contributed by atoms with van der Waals surface area (Å²) in [5, 5.41) is 19.2. The molecule has 0 bridgehead atoms. The van der Waals surface area contributed by atoms with Crippen molar-refractivity contribution in [2.75, 3.05) is 0 Å². The first-order chi connectivity index (χ1) is 9.04. The van der Waals surface area contributed by atoms with Crippen LogP contribution in [0, 0.1) is 10.1 Å². The van der Waals surface area contributed by atoms with Crippen molar-refractivity contribution < 1.29 is 14.8 Å². The van der Waals surface area contributed by atoms with E-state index in [9.17, 15) is 14.9 Å². The number of phenolic OH excluding ortho intramolecular Hbond substituents is 1. The lowest BCUT2D eigenvalue weighted by Gasteiger charge is -2.15. The van der Waals surface area contributed by atoms with Crippen LogP contribution in [-0.2, 0) is 0 Å². The molecule has 0 aliphatic heterocycles. The summed E-state index contributed by atoms with van der Waals surface area (Å²) in [4.78, 5) is 19.6. The quantitative estimate of drug-likeness (QED) is 0.485. The van der Waals surface area contributed by atoms with E-state index in [1.165, 1.54) is 38.2 Å². The molecule has 6 nitrogen and oxygen atoms in total. The van der Waals surface area contributed by atoms with Gasteiger partial charge in [0.15, 0.2) is 5.75 Å². The standard InChI is InChI=1S/C7H5NO4.C6H13N/c9-4-5-1-2-6(8(11)12)7(10)3-5;7-6-4-2-1-3-5-6/h1-4,10H;6H,1-5,7H2. The van der Waals surface area contributed by atoms with Crippen molar-refractivity contribution in [3.8, 4) is 5.75 Å². The summed E-state index contributed by atoms with van der Waals surface area (Å²) >= 11 is 0. The molecule has 0 aromatic heterocycles. The maximum atomic E-state index is 10.2. The predicted octanol–water partition coefficient (Wildman–Crippen LogP) is 2.39. The molecule has 3 N–H and O–H groups in total. The van der Waals surface area contributed by atoms with E-state index in [1.807, 2.05) is 0 Å². The number of nitro groups is 1. The number of benzene rings is 1. The van der Waals surface area contributed by atoms with E-state index in [2.05, 4.69) is 0 Å². The van der Waals surface area contributed by atoms with Gasteiger partial charge in [-0.15, -0.1) is 0 Å². The monoisotopic (exact) mass is 266 g/mol. The Morgan fingerprint density at radius 2 is 1.95 bits per heavy atom. The fraction of sp³-hybridized carbons (Fsp3) is 0.462. The summed E-state index contributed by atoms with van der Waals surface area (Å²) in [5.41, 5.74) is 5.44. The average molecular weight is 266 g/mol. The highest BCUT2D eigenvalue weighted by molar-refractivity contribution is 5.76. The average Bonchev–Trinajstić information content (AvgIpc) is 2.39. The van der Waals surface area contributed by atoms with Crippen LogP contribution < -0.4 is 5.73 Å². The van der Waals surface area contributed by atoms with Crippen LogP contribution in [-0.4, -0.2) is 22.4 Å². The molecule has 0 heterocycles. The molecule has 19 heavy (non-hydrogen) atoms. The van der Waals surface area contributed by atoms with E-state index in [0.29, 0.717) is 12.3 Å². The SMILES string of the molecule is NC1CCCCC1.O=Cc1ccc([N+](=O)[O-])c(O)c1. The zero-order valence-corrected chi connectivity index (χ0v) is 10.6. The minimum absolute atomic E-state index is 0.207. The number of rotatable bonds is 2. The van der Waals surface area contributed by atoms with Gasteiger partial charge in [0.05, 0.1) is 4.92 Å². The lowest BCUT2D eigenvalue weighted by molar-refractivity contribution is -0.385. The summed E-state index contributed by atoms with van der Waals surface area (Å²) in [6.07, 6.45) is 7.17. The molecule has 1 saturated carbocycles. The van der Waals surface area contributed by atoms with Gasteiger partial charge >= 0.3 is 5.69 Å². The van der Waals surface area contributed by atoms with E-state index in [-0.39, 0.29) is 5.56 Å². The van der Waals surface area contributed by atoms with Gasteiger partial charge in [-0.05, 0) is 25.0 Å². The second-order valence-corrected chi connectivity index (χ2v) is 4.52. The summed E-state index contributed by atoms with van der Waals surface area (Å²) in [7, 11) is 0. The first-order valence-corrected chi connectivity index (χ1v) is 6.22. The molecule has 1 aliphatic rings. The summed E-state index contributed by atoms with van der Waals surface area (Å²) in [6.45, 7) is 0. The Labute approximate surface area is 111 Å². The Bertz CT molecular complexity index is 442. The third kappa shape index (κ3) is 5.05. The summed E-state index contributed by atoms with van der Waals surface area (Å²) in [5.74, 6) is -0.496. The molecule has 1 aromatic rings. The maximum absolute atomic E-state index is 10.2. The van der Waals surface area contributed by atoms with Crippen molar-refractivity contribution in [3.63, 3.8) is 0 Å². The molecule has 0 atom stereocenters. The second-order valence-electron chi connectivity index (χ2n) is 4.52. The highest BCUT2D eigenvalue weighted by atomic mass is 16.6. The molecule has 1 fully saturated rings. The molecular formula is C13H18N2O4. The number of carbonyl (C=O) groups excluding carboxylic acids is 1. The van der Waals surface area contributed by atoms with Gasteiger partial charge in [0.1, 0.15) is 6.29 Å². The predicted molar refractivity (Wildman–Crippen MR) is 71.2 cm³/mol. The first kappa shape index (κ1) is 15.1. The van der Waals surface area contributed by atoms with Gasteiger partial charge in [0, 0.05) is 17.7 Å². The van der Waals surface area contributed by atoms with Crippen molar-refractivity contribution in [2.24, 2.45) is 5.73 Å². The van der Waals surface area contributed by atoms with Crippen LogP contribution in [0.5, 0.6) is 5.75 Å². The van der Waals surface area contributed by atoms with Crippen molar-refractivity contribution in [2.45, 2.75) is 38.1 Å². The van der Waals surface area contributed by atoms with Crippen LogP contribution in [0.15, 0.2) is 18.2 Å². The van der Waals surface area contributed by atoms with E-state index in [1.54, 1.807) is 0 Å². The van der Waals surface area contributed by atoms with Crippen LogP contribution in [0.2, 0.25) is 0 Å². The highest BCUT2D eigenvalue weighted by Gasteiger charge is 2.12. The molecule has 1 aliphatic carbocycles. The number of nitro benzene ring substituents is 1. The van der Waals surface area contributed by atoms with Crippen molar-refractivity contribution >= 4 is 12.0 Å². The Balaban J connectivity index is 0.000000218. The minimum Gasteiger partial charge on any atom is -0.502 e. The number of carbonyl (C=O) groups is 1. The van der Waals surface area contributed by atoms with Crippen molar-refractivity contribution in [3.05, 3.63) is 33.9 Å². The minimum atomic E-state index is -0.718. The Morgan fingerprint density at radius 1 is 1.32 bits per heavy atom. The highest BCUT2D eigenvalue weighted by Crippen LogP contribution is 2.25. The third-order valence-electron chi connectivity index (χ3n) is 2.98. The van der Waals surface area contributed by atoms with Crippen LogP contribution in [0.4, 0.5) is 5.69 Å². The Kier molecular flexibility index (Phi) is 5.95. The number of nitrogens with zero attached hydrogens (tertiary/aromatic N) is 1. The van der Waals surface area contributed by atoms with E-state index < -0.39 is 16.4 Å². The number of nitrogens with two attached hydrogens (primary N) is 1. The first-order valence-electron chi connectivity index (χ1n) is 6.22.